The fraction of sp³-hybridized carbons (Fsp3) is 0.412. The van der Waals surface area contributed by atoms with Crippen LogP contribution in [0.15, 0.2) is 24.3 Å². The Bertz CT molecular complexity index is 736. The van der Waals surface area contributed by atoms with Gasteiger partial charge < -0.3 is 14.6 Å². The number of carbonyl (C=O) groups excluding carboxylic acids is 1. The van der Waals surface area contributed by atoms with Crippen LogP contribution in [0.3, 0.4) is 0 Å². The first kappa shape index (κ1) is 16.0. The quantitative estimate of drug-likeness (QED) is 0.848. The summed E-state index contributed by atoms with van der Waals surface area (Å²) in [5.74, 6) is -1.32. The number of carboxylic acid groups (broad SMARTS) is 1. The number of hydrogen-bond acceptors (Lipinski definition) is 5. The lowest BCUT2D eigenvalue weighted by molar-refractivity contribution is -0.147. The highest BCUT2D eigenvalue weighted by Crippen LogP contribution is 2.46. The van der Waals surface area contributed by atoms with Crippen LogP contribution in [-0.2, 0) is 19.1 Å². The van der Waals surface area contributed by atoms with E-state index < -0.39 is 5.97 Å². The molecule has 0 radical (unpaired) electrons. The SMILES string of the molecule is CCOC(=O)CC1OCC(CC(=O)O)c2c1sc1ccccc21. The van der Waals surface area contributed by atoms with Crippen LogP contribution in [0.2, 0.25) is 0 Å². The highest BCUT2D eigenvalue weighted by molar-refractivity contribution is 7.19. The Kier molecular flexibility index (Phi) is 4.63. The zero-order valence-electron chi connectivity index (χ0n) is 12.8. The van der Waals surface area contributed by atoms with Crippen molar-refractivity contribution < 1.29 is 24.2 Å². The molecule has 0 amide bonds. The number of thiophene rings is 1. The summed E-state index contributed by atoms with van der Waals surface area (Å²) in [6.07, 6.45) is -0.167. The third-order valence-corrected chi connectivity index (χ3v) is 5.22. The van der Waals surface area contributed by atoms with Crippen LogP contribution in [0.4, 0.5) is 0 Å². The Balaban J connectivity index is 2.00. The average Bonchev–Trinajstić information content (AvgIpc) is 2.89. The molecule has 0 saturated carbocycles. The van der Waals surface area contributed by atoms with E-state index in [1.807, 2.05) is 24.3 Å². The third-order valence-electron chi connectivity index (χ3n) is 3.94. The standard InChI is InChI=1S/C17H18O5S/c1-2-21-15(20)8-12-17-16(10(9-22-12)7-14(18)19)11-5-3-4-6-13(11)23-17/h3-6,10,12H,2,7-9H2,1H3,(H,18,19). The van der Waals surface area contributed by atoms with Crippen molar-refractivity contribution >= 4 is 33.4 Å². The summed E-state index contributed by atoms with van der Waals surface area (Å²) >= 11 is 1.57. The number of hydrogen-bond donors (Lipinski definition) is 1. The number of fused-ring (bicyclic) bond motifs is 3. The van der Waals surface area contributed by atoms with Crippen LogP contribution >= 0.6 is 11.3 Å². The maximum absolute atomic E-state index is 11.8. The van der Waals surface area contributed by atoms with Crippen LogP contribution in [-0.4, -0.2) is 30.3 Å². The summed E-state index contributed by atoms with van der Waals surface area (Å²) in [5.41, 5.74) is 1.02. The molecule has 5 nitrogen and oxygen atoms in total. The van der Waals surface area contributed by atoms with Gasteiger partial charge in [0, 0.05) is 15.5 Å². The lowest BCUT2D eigenvalue weighted by Gasteiger charge is -2.28. The Morgan fingerprint density at radius 1 is 1.35 bits per heavy atom. The molecule has 1 aliphatic rings. The second-order valence-corrected chi connectivity index (χ2v) is 6.59. The molecule has 0 saturated heterocycles. The summed E-state index contributed by atoms with van der Waals surface area (Å²) in [5, 5.41) is 10.2. The molecule has 0 aliphatic carbocycles. The van der Waals surface area contributed by atoms with E-state index in [4.69, 9.17) is 14.6 Å². The topological polar surface area (TPSA) is 72.8 Å². The van der Waals surface area contributed by atoms with Crippen LogP contribution in [0.5, 0.6) is 0 Å². The highest BCUT2D eigenvalue weighted by atomic mass is 32.1. The van der Waals surface area contributed by atoms with Crippen molar-refractivity contribution in [2.45, 2.75) is 31.8 Å². The van der Waals surface area contributed by atoms with Crippen LogP contribution < -0.4 is 0 Å². The van der Waals surface area contributed by atoms with Crippen LogP contribution in [0, 0.1) is 0 Å². The van der Waals surface area contributed by atoms with E-state index in [-0.39, 0.29) is 30.8 Å². The van der Waals surface area contributed by atoms with Gasteiger partial charge in [-0.25, -0.2) is 0 Å². The number of aliphatic carboxylic acids is 1. The maximum Gasteiger partial charge on any atom is 0.308 e. The Labute approximate surface area is 137 Å². The van der Waals surface area contributed by atoms with Crippen molar-refractivity contribution in [3.8, 4) is 0 Å². The van der Waals surface area contributed by atoms with Crippen LogP contribution in [0.1, 0.15) is 42.2 Å². The molecule has 23 heavy (non-hydrogen) atoms. The molecule has 2 atom stereocenters. The second-order valence-electron chi connectivity index (χ2n) is 5.50. The molecule has 0 bridgehead atoms. The third kappa shape index (κ3) is 3.23. The van der Waals surface area contributed by atoms with Crippen molar-refractivity contribution in [3.63, 3.8) is 0 Å². The molecule has 122 valence electrons. The molecule has 6 heteroatoms. The average molecular weight is 334 g/mol. The second kappa shape index (κ2) is 6.68. The van der Waals surface area contributed by atoms with Gasteiger partial charge in [0.15, 0.2) is 0 Å². The smallest absolute Gasteiger partial charge is 0.308 e. The summed E-state index contributed by atoms with van der Waals surface area (Å²) < 4.78 is 11.9. The Hall–Kier alpha value is -1.92. The molecule has 1 N–H and O–H groups in total. The predicted molar refractivity (Wildman–Crippen MR) is 86.8 cm³/mol. The fourth-order valence-corrected chi connectivity index (χ4v) is 4.37. The number of rotatable bonds is 5. The molecule has 3 rings (SSSR count). The van der Waals surface area contributed by atoms with Gasteiger partial charge in [0.2, 0.25) is 0 Å². The van der Waals surface area contributed by atoms with Gasteiger partial charge in [0.25, 0.3) is 0 Å². The van der Waals surface area contributed by atoms with Gasteiger partial charge in [-0.15, -0.1) is 11.3 Å². The van der Waals surface area contributed by atoms with E-state index in [1.165, 1.54) is 0 Å². The van der Waals surface area contributed by atoms with Crippen molar-refractivity contribution in [3.05, 3.63) is 34.7 Å². The van der Waals surface area contributed by atoms with E-state index in [2.05, 4.69) is 0 Å². The number of esters is 1. The van der Waals surface area contributed by atoms with Crippen molar-refractivity contribution in [2.24, 2.45) is 0 Å². The monoisotopic (exact) mass is 334 g/mol. The van der Waals surface area contributed by atoms with Crippen molar-refractivity contribution in [1.82, 2.24) is 0 Å². The molecule has 0 spiro atoms. The fourth-order valence-electron chi connectivity index (χ4n) is 3.03. The summed E-state index contributed by atoms with van der Waals surface area (Å²) in [7, 11) is 0. The van der Waals surface area contributed by atoms with Crippen molar-refractivity contribution in [1.29, 1.82) is 0 Å². The zero-order chi connectivity index (χ0) is 16.4. The molecule has 1 aliphatic heterocycles. The van der Waals surface area contributed by atoms with Gasteiger partial charge in [-0.1, -0.05) is 18.2 Å². The van der Waals surface area contributed by atoms with Gasteiger partial charge in [0.05, 0.1) is 26.1 Å². The lowest BCUT2D eigenvalue weighted by Crippen LogP contribution is -2.23. The lowest BCUT2D eigenvalue weighted by atomic mass is 9.89. The number of ether oxygens (including phenoxy) is 2. The summed E-state index contributed by atoms with van der Waals surface area (Å²) in [6, 6.07) is 7.92. The van der Waals surface area contributed by atoms with E-state index in [0.29, 0.717) is 13.2 Å². The molecule has 1 aromatic heterocycles. The van der Waals surface area contributed by atoms with Gasteiger partial charge in [-0.05, 0) is 23.9 Å². The number of benzene rings is 1. The molecule has 2 unspecified atom stereocenters. The van der Waals surface area contributed by atoms with Crippen LogP contribution in [0.25, 0.3) is 10.1 Å². The number of carboxylic acids is 1. The minimum absolute atomic E-state index is 0.0276. The van der Waals surface area contributed by atoms with Crippen molar-refractivity contribution in [2.75, 3.05) is 13.2 Å². The number of carbonyl (C=O) groups is 2. The molecule has 0 fully saturated rings. The maximum atomic E-state index is 11.8. The molecular formula is C17H18O5S. The normalized spacial score (nSPS) is 20.2. The molecule has 2 heterocycles. The first-order chi connectivity index (χ1) is 11.1. The van der Waals surface area contributed by atoms with E-state index in [0.717, 1.165) is 20.5 Å². The Morgan fingerprint density at radius 2 is 2.13 bits per heavy atom. The molecule has 2 aromatic rings. The molecular weight excluding hydrogens is 316 g/mol. The predicted octanol–water partition coefficient (Wildman–Crippen LogP) is 3.48. The van der Waals surface area contributed by atoms with Gasteiger partial charge in [0.1, 0.15) is 6.10 Å². The van der Waals surface area contributed by atoms with E-state index in [9.17, 15) is 9.59 Å². The zero-order valence-corrected chi connectivity index (χ0v) is 13.6. The minimum Gasteiger partial charge on any atom is -0.481 e. The van der Waals surface area contributed by atoms with Gasteiger partial charge in [-0.2, -0.15) is 0 Å². The minimum atomic E-state index is -0.844. The first-order valence-electron chi connectivity index (χ1n) is 7.60. The van der Waals surface area contributed by atoms with E-state index in [1.54, 1.807) is 18.3 Å². The highest BCUT2D eigenvalue weighted by Gasteiger charge is 2.34. The summed E-state index contributed by atoms with van der Waals surface area (Å²) in [4.78, 5) is 23.9. The Morgan fingerprint density at radius 3 is 2.87 bits per heavy atom. The first-order valence-corrected chi connectivity index (χ1v) is 8.42. The van der Waals surface area contributed by atoms with E-state index >= 15 is 0 Å². The summed E-state index contributed by atoms with van der Waals surface area (Å²) in [6.45, 7) is 2.42. The van der Waals surface area contributed by atoms with Gasteiger partial charge in [-0.3, -0.25) is 9.59 Å². The molecule has 1 aromatic carbocycles. The van der Waals surface area contributed by atoms with Gasteiger partial charge >= 0.3 is 11.9 Å². The largest absolute Gasteiger partial charge is 0.481 e.